The Kier molecular flexibility index (Phi) is 8.33. The lowest BCUT2D eigenvalue weighted by Crippen LogP contribution is -2.47. The largest absolute Gasteiger partial charge is 0.480 e. The second-order valence-corrected chi connectivity index (χ2v) is 10.8. The fourth-order valence-corrected chi connectivity index (χ4v) is 5.45. The van der Waals surface area contributed by atoms with E-state index >= 15 is 4.39 Å². The Hall–Kier alpha value is -3.04. The van der Waals surface area contributed by atoms with E-state index in [0.717, 1.165) is 10.8 Å². The quantitative estimate of drug-likeness (QED) is 0.154. The molecule has 2 aliphatic rings. The van der Waals surface area contributed by atoms with E-state index in [1.54, 1.807) is 0 Å². The maximum atomic E-state index is 15.7. The van der Waals surface area contributed by atoms with Gasteiger partial charge in [0, 0.05) is 31.9 Å². The van der Waals surface area contributed by atoms with Crippen LogP contribution in [0.5, 0.6) is 0 Å². The number of hydrogen-bond donors (Lipinski definition) is 5. The highest BCUT2D eigenvalue weighted by Crippen LogP contribution is 2.48. The predicted molar refractivity (Wildman–Crippen MR) is 139 cm³/mol. The molecule has 6 N–H and O–H groups in total. The molecule has 0 amide bonds. The number of pyridine rings is 1. The number of anilines is 2. The number of hydrazine groups is 1. The summed E-state index contributed by atoms with van der Waals surface area (Å²) < 4.78 is 60.6. The lowest BCUT2D eigenvalue weighted by molar-refractivity contribution is -0.140. The number of hydrogen-bond acceptors (Lipinski definition) is 8. The van der Waals surface area contributed by atoms with Crippen molar-refractivity contribution in [2.24, 2.45) is 5.92 Å². The van der Waals surface area contributed by atoms with Gasteiger partial charge in [-0.25, -0.2) is 14.6 Å². The number of aliphatic carboxylic acids is 1. The number of nitrogens with two attached hydrogens (primary N) is 1. The molecule has 214 valence electrons. The highest BCUT2D eigenvalue weighted by Gasteiger charge is 2.44. The van der Waals surface area contributed by atoms with Crippen molar-refractivity contribution in [1.82, 2.24) is 15.4 Å². The number of rotatable bonds is 11. The van der Waals surface area contributed by atoms with Gasteiger partial charge in [-0.2, -0.15) is 24.9 Å². The number of carboxylic acids is 2. The molecule has 0 spiro atoms. The van der Waals surface area contributed by atoms with Gasteiger partial charge in [0.2, 0.25) is 5.43 Å². The number of halogens is 4. The molecule has 1 unspecified atom stereocenters. The van der Waals surface area contributed by atoms with Gasteiger partial charge < -0.3 is 25.4 Å². The Balaban J connectivity index is 1.71. The van der Waals surface area contributed by atoms with Crippen molar-refractivity contribution in [1.29, 1.82) is 0 Å². The summed E-state index contributed by atoms with van der Waals surface area (Å²) in [4.78, 5) is 37.2. The number of aromatic carboxylic acids is 1. The molecule has 2 fully saturated rings. The molecule has 4 rings (SSSR count). The molecular formula is C24H29F4N5O5S. The molecule has 10 nitrogen and oxygen atoms in total. The monoisotopic (exact) mass is 575 g/mol. The van der Waals surface area contributed by atoms with E-state index in [1.807, 2.05) is 6.26 Å². The Labute approximate surface area is 224 Å². The molecule has 1 aliphatic heterocycles. The van der Waals surface area contributed by atoms with Crippen LogP contribution in [0.25, 0.3) is 10.9 Å². The van der Waals surface area contributed by atoms with Crippen LogP contribution in [0.4, 0.5) is 28.9 Å². The number of nitrogens with zero attached hydrogens (tertiary/aromatic N) is 2. The van der Waals surface area contributed by atoms with Crippen LogP contribution in [0.3, 0.4) is 0 Å². The summed E-state index contributed by atoms with van der Waals surface area (Å²) in [6, 6.07) is -1.32. The fourth-order valence-electron chi connectivity index (χ4n) is 4.98. The zero-order valence-corrected chi connectivity index (χ0v) is 21.8. The fraction of sp³-hybridized carbons (Fsp3) is 0.542. The average Bonchev–Trinajstić information content (AvgIpc) is 3.59. The average molecular weight is 576 g/mol. The maximum absolute atomic E-state index is 15.7. The molecule has 1 aliphatic carbocycles. The highest BCUT2D eigenvalue weighted by molar-refractivity contribution is 7.98. The van der Waals surface area contributed by atoms with Crippen LogP contribution < -0.4 is 26.9 Å². The van der Waals surface area contributed by atoms with Crippen LogP contribution in [-0.4, -0.2) is 64.4 Å². The second-order valence-electron chi connectivity index (χ2n) is 9.79. The minimum Gasteiger partial charge on any atom is -0.480 e. The van der Waals surface area contributed by atoms with E-state index in [9.17, 15) is 37.8 Å². The van der Waals surface area contributed by atoms with Crippen molar-refractivity contribution >= 4 is 46.0 Å². The first-order valence-electron chi connectivity index (χ1n) is 12.3. The normalized spacial score (nSPS) is 18.6. The summed E-state index contributed by atoms with van der Waals surface area (Å²) in [5.41, 5.74) is 5.86. The third kappa shape index (κ3) is 5.79. The number of nitrogen functional groups attached to an aromatic ring is 1. The first-order valence-corrected chi connectivity index (χ1v) is 13.7. The second kappa shape index (κ2) is 11.2. The van der Waals surface area contributed by atoms with E-state index in [1.165, 1.54) is 16.7 Å². The molecule has 1 aromatic carbocycles. The van der Waals surface area contributed by atoms with Crippen LogP contribution in [0.1, 0.15) is 47.6 Å². The lowest BCUT2D eigenvalue weighted by atomic mass is 10.0. The van der Waals surface area contributed by atoms with Gasteiger partial charge in [0.1, 0.15) is 17.2 Å². The van der Waals surface area contributed by atoms with Gasteiger partial charge in [-0.15, -0.1) is 0 Å². The van der Waals surface area contributed by atoms with Crippen LogP contribution in [0.15, 0.2) is 11.0 Å². The van der Waals surface area contributed by atoms with Crippen LogP contribution >= 0.6 is 11.8 Å². The SMILES string of the molecule is CSCC[C@H](NNCC1CCN(c2c(F)c(N)c3c(=O)c(C(=O)O)cn(C4CC4)c3c2C(F)(F)F)C1)C(=O)O. The molecule has 1 saturated carbocycles. The van der Waals surface area contributed by atoms with Gasteiger partial charge in [0.15, 0.2) is 5.82 Å². The predicted octanol–water partition coefficient (Wildman–Crippen LogP) is 2.90. The van der Waals surface area contributed by atoms with Gasteiger partial charge >= 0.3 is 18.1 Å². The Morgan fingerprint density at radius 3 is 2.51 bits per heavy atom. The molecule has 39 heavy (non-hydrogen) atoms. The number of aromatic nitrogens is 1. The Morgan fingerprint density at radius 1 is 1.26 bits per heavy atom. The van der Waals surface area contributed by atoms with Crippen molar-refractivity contribution < 1.29 is 37.4 Å². The van der Waals surface area contributed by atoms with E-state index in [2.05, 4.69) is 10.9 Å². The Bertz CT molecular complexity index is 1350. The summed E-state index contributed by atoms with van der Waals surface area (Å²) in [5.74, 6) is -3.74. The van der Waals surface area contributed by atoms with Crippen LogP contribution in [-0.2, 0) is 11.0 Å². The number of carbonyl (C=O) groups is 2. The van der Waals surface area contributed by atoms with Crippen LogP contribution in [0.2, 0.25) is 0 Å². The lowest BCUT2D eigenvalue weighted by Gasteiger charge is -2.28. The molecule has 1 aromatic heterocycles. The Morgan fingerprint density at radius 2 is 1.95 bits per heavy atom. The summed E-state index contributed by atoms with van der Waals surface area (Å²) in [6.07, 6.45) is -0.650. The van der Waals surface area contributed by atoms with E-state index in [-0.39, 0.29) is 25.6 Å². The first kappa shape index (κ1) is 29.0. The standard InChI is InChI=1S/C24H29F4N5O5S/c1-39-7-5-14(23(37)38)31-30-8-11-4-6-32(9-11)20-16(24(26,27)28)19-15(18(29)17(20)25)21(34)13(22(35)36)10-33(19)12-2-3-12/h10-12,14,30-31H,2-9,29H2,1H3,(H,35,36)(H,37,38)/t11?,14-/m0/s1. The maximum Gasteiger partial charge on any atom is 0.420 e. The van der Waals surface area contributed by atoms with Gasteiger partial charge in [-0.05, 0) is 43.6 Å². The van der Waals surface area contributed by atoms with E-state index in [0.29, 0.717) is 31.4 Å². The number of carboxylic acid groups (broad SMARTS) is 2. The molecule has 2 heterocycles. The number of thioether (sulfide) groups is 1. The molecule has 0 radical (unpaired) electrons. The first-order chi connectivity index (χ1) is 18.4. The molecule has 2 atom stereocenters. The van der Waals surface area contributed by atoms with Crippen LogP contribution in [0, 0.1) is 11.7 Å². The van der Waals surface area contributed by atoms with Gasteiger partial charge in [-0.3, -0.25) is 15.0 Å². The van der Waals surface area contributed by atoms with Gasteiger partial charge in [0.05, 0.1) is 22.3 Å². The summed E-state index contributed by atoms with van der Waals surface area (Å²) in [5, 5.41) is 18.0. The smallest absolute Gasteiger partial charge is 0.420 e. The third-order valence-corrected chi connectivity index (χ3v) is 7.70. The number of alkyl halides is 3. The highest BCUT2D eigenvalue weighted by atomic mass is 32.2. The number of fused-ring (bicyclic) bond motifs is 1. The molecule has 0 bridgehead atoms. The minimum absolute atomic E-state index is 0.0169. The minimum atomic E-state index is -5.08. The van der Waals surface area contributed by atoms with Crippen molar-refractivity contribution in [3.05, 3.63) is 33.4 Å². The summed E-state index contributed by atoms with van der Waals surface area (Å²) >= 11 is 1.49. The summed E-state index contributed by atoms with van der Waals surface area (Å²) in [7, 11) is 0. The van der Waals surface area contributed by atoms with Crippen molar-refractivity contribution in [2.75, 3.05) is 42.3 Å². The molecular weight excluding hydrogens is 546 g/mol. The topological polar surface area (TPSA) is 150 Å². The number of benzene rings is 1. The van der Waals surface area contributed by atoms with Gasteiger partial charge in [-0.1, -0.05) is 0 Å². The van der Waals surface area contributed by atoms with E-state index in [4.69, 9.17) is 5.73 Å². The van der Waals surface area contributed by atoms with Crippen molar-refractivity contribution in [3.8, 4) is 0 Å². The van der Waals surface area contributed by atoms with Gasteiger partial charge in [0.25, 0.3) is 0 Å². The zero-order valence-electron chi connectivity index (χ0n) is 21.0. The molecule has 2 aromatic rings. The van der Waals surface area contributed by atoms with E-state index < -0.39 is 74.8 Å². The number of nitrogens with one attached hydrogen (secondary N) is 2. The van der Waals surface area contributed by atoms with Crippen molar-refractivity contribution in [3.63, 3.8) is 0 Å². The zero-order chi connectivity index (χ0) is 28.6. The van der Waals surface area contributed by atoms with Crippen molar-refractivity contribution in [2.45, 2.75) is 43.9 Å². The third-order valence-electron chi connectivity index (χ3n) is 7.05. The molecule has 1 saturated heterocycles. The summed E-state index contributed by atoms with van der Waals surface area (Å²) in [6.45, 7) is 0.302. The molecule has 15 heteroatoms.